The van der Waals surface area contributed by atoms with Crippen molar-refractivity contribution in [1.29, 1.82) is 0 Å². The molecule has 0 bridgehead atoms. The van der Waals surface area contributed by atoms with Crippen molar-refractivity contribution in [2.24, 2.45) is 5.92 Å². The van der Waals surface area contributed by atoms with Crippen molar-refractivity contribution in [3.05, 3.63) is 42.2 Å². The van der Waals surface area contributed by atoms with E-state index in [4.69, 9.17) is 4.74 Å². The van der Waals surface area contributed by atoms with Crippen molar-refractivity contribution >= 4 is 11.8 Å². The fourth-order valence-corrected chi connectivity index (χ4v) is 3.45. The Hall–Kier alpha value is -2.97. The highest BCUT2D eigenvalue weighted by Crippen LogP contribution is 2.24. The van der Waals surface area contributed by atoms with Gasteiger partial charge in [-0.25, -0.2) is 9.37 Å². The first kappa shape index (κ1) is 20.8. The van der Waals surface area contributed by atoms with Gasteiger partial charge in [0.1, 0.15) is 24.2 Å². The molecule has 1 fully saturated rings. The number of benzene rings is 1. The third-order valence-corrected chi connectivity index (χ3v) is 5.14. The van der Waals surface area contributed by atoms with Gasteiger partial charge < -0.3 is 15.0 Å². The van der Waals surface area contributed by atoms with Gasteiger partial charge in [-0.15, -0.1) is 0 Å². The van der Waals surface area contributed by atoms with Crippen LogP contribution in [-0.2, 0) is 11.3 Å². The number of halogens is 1. The maximum Gasteiger partial charge on any atom is 0.257 e. The normalized spacial score (nSPS) is 14.6. The highest BCUT2D eigenvalue weighted by Gasteiger charge is 2.26. The lowest BCUT2D eigenvalue weighted by molar-refractivity contribution is -0.121. The number of aromatic nitrogens is 3. The second kappa shape index (κ2) is 9.99. The Morgan fingerprint density at radius 1 is 1.31 bits per heavy atom. The van der Waals surface area contributed by atoms with Gasteiger partial charge in [0, 0.05) is 32.6 Å². The molecular formula is C20H26FN5O3. The Morgan fingerprint density at radius 3 is 2.79 bits per heavy atom. The lowest BCUT2D eigenvalue weighted by Gasteiger charge is -2.32. The van der Waals surface area contributed by atoms with Crippen molar-refractivity contribution in [2.75, 3.05) is 26.7 Å². The Bertz CT molecular complexity index is 820. The van der Waals surface area contributed by atoms with E-state index < -0.39 is 5.82 Å². The zero-order valence-electron chi connectivity index (χ0n) is 16.5. The molecule has 0 atom stereocenters. The number of aryl methyl sites for hydroxylation is 1. The first-order valence-electron chi connectivity index (χ1n) is 9.78. The molecular weight excluding hydrogens is 377 g/mol. The second-order valence-corrected chi connectivity index (χ2v) is 7.15. The van der Waals surface area contributed by atoms with E-state index in [0.717, 1.165) is 12.8 Å². The fourth-order valence-electron chi connectivity index (χ4n) is 3.45. The van der Waals surface area contributed by atoms with Gasteiger partial charge in [-0.3, -0.25) is 14.3 Å². The van der Waals surface area contributed by atoms with Gasteiger partial charge in [0.2, 0.25) is 5.91 Å². The van der Waals surface area contributed by atoms with Crippen LogP contribution in [0.1, 0.15) is 36.0 Å². The van der Waals surface area contributed by atoms with Crippen LogP contribution >= 0.6 is 0 Å². The summed E-state index contributed by atoms with van der Waals surface area (Å²) in [6, 6.07) is 3.96. The van der Waals surface area contributed by atoms with Crippen LogP contribution in [0, 0.1) is 11.7 Å². The highest BCUT2D eigenvalue weighted by atomic mass is 19.1. The standard InChI is InChI=1S/C20H26FN5O3/c1-29-18-5-4-16(21)11-17(18)20(28)25-9-6-15(7-10-25)12-23-19(27)3-2-8-26-14-22-13-24-26/h4-5,11,13-15H,2-3,6-10,12H2,1H3,(H,23,27). The topological polar surface area (TPSA) is 89.4 Å². The minimum atomic E-state index is -0.462. The van der Waals surface area contributed by atoms with Crippen LogP contribution in [0.3, 0.4) is 0 Å². The van der Waals surface area contributed by atoms with Gasteiger partial charge in [0.05, 0.1) is 12.7 Å². The van der Waals surface area contributed by atoms with Crippen LogP contribution in [-0.4, -0.2) is 58.2 Å². The molecule has 1 N–H and O–H groups in total. The van der Waals surface area contributed by atoms with Crippen LogP contribution in [0.25, 0.3) is 0 Å². The summed E-state index contributed by atoms with van der Waals surface area (Å²) in [7, 11) is 1.46. The summed E-state index contributed by atoms with van der Waals surface area (Å²) in [6.45, 7) is 2.42. The Morgan fingerprint density at radius 2 is 2.10 bits per heavy atom. The SMILES string of the molecule is COc1ccc(F)cc1C(=O)N1CCC(CNC(=O)CCCn2cncn2)CC1. The van der Waals surface area contributed by atoms with E-state index in [9.17, 15) is 14.0 Å². The van der Waals surface area contributed by atoms with Gasteiger partial charge in [0.15, 0.2) is 0 Å². The highest BCUT2D eigenvalue weighted by molar-refractivity contribution is 5.97. The van der Waals surface area contributed by atoms with Gasteiger partial charge in [-0.1, -0.05) is 0 Å². The van der Waals surface area contributed by atoms with Crippen molar-refractivity contribution in [3.8, 4) is 5.75 Å². The number of ether oxygens (including phenoxy) is 1. The maximum absolute atomic E-state index is 13.5. The molecule has 1 aromatic carbocycles. The van der Waals surface area contributed by atoms with Crippen LogP contribution in [0.4, 0.5) is 4.39 Å². The zero-order chi connectivity index (χ0) is 20.6. The predicted octanol–water partition coefficient (Wildman–Crippen LogP) is 1.87. The molecule has 0 spiro atoms. The van der Waals surface area contributed by atoms with Crippen molar-refractivity contribution in [1.82, 2.24) is 25.0 Å². The number of hydrogen-bond donors (Lipinski definition) is 1. The number of methoxy groups -OCH3 is 1. The molecule has 2 heterocycles. The number of likely N-dealkylation sites (tertiary alicyclic amines) is 1. The zero-order valence-corrected chi connectivity index (χ0v) is 16.5. The third-order valence-electron chi connectivity index (χ3n) is 5.14. The van der Waals surface area contributed by atoms with E-state index in [1.807, 2.05) is 0 Å². The molecule has 3 rings (SSSR count). The number of carbonyl (C=O) groups is 2. The molecule has 1 aliphatic rings. The minimum absolute atomic E-state index is 0.0214. The number of rotatable bonds is 8. The van der Waals surface area contributed by atoms with Crippen LogP contribution < -0.4 is 10.1 Å². The van der Waals surface area contributed by atoms with Gasteiger partial charge in [-0.05, 0) is 43.4 Å². The van der Waals surface area contributed by atoms with Gasteiger partial charge in [0.25, 0.3) is 5.91 Å². The molecule has 0 unspecified atom stereocenters. The smallest absolute Gasteiger partial charge is 0.257 e. The van der Waals surface area contributed by atoms with E-state index in [1.165, 1.54) is 31.6 Å². The van der Waals surface area contributed by atoms with Crippen molar-refractivity contribution in [3.63, 3.8) is 0 Å². The summed E-state index contributed by atoms with van der Waals surface area (Å²) in [5.74, 6) is 0.0324. The van der Waals surface area contributed by atoms with E-state index >= 15 is 0 Å². The van der Waals surface area contributed by atoms with E-state index in [1.54, 1.807) is 15.9 Å². The molecule has 0 radical (unpaired) electrons. The van der Waals surface area contributed by atoms with Crippen LogP contribution in [0.15, 0.2) is 30.9 Å². The van der Waals surface area contributed by atoms with E-state index in [2.05, 4.69) is 15.4 Å². The number of nitrogens with one attached hydrogen (secondary N) is 1. The number of hydrogen-bond acceptors (Lipinski definition) is 5. The first-order valence-corrected chi connectivity index (χ1v) is 9.78. The molecule has 1 saturated heterocycles. The Kier molecular flexibility index (Phi) is 7.15. The van der Waals surface area contributed by atoms with Gasteiger partial charge >= 0.3 is 0 Å². The average Bonchev–Trinajstić information content (AvgIpc) is 3.25. The van der Waals surface area contributed by atoms with E-state index in [0.29, 0.717) is 50.7 Å². The predicted molar refractivity (Wildman–Crippen MR) is 104 cm³/mol. The minimum Gasteiger partial charge on any atom is -0.496 e. The summed E-state index contributed by atoms with van der Waals surface area (Å²) in [5, 5.41) is 6.98. The maximum atomic E-state index is 13.5. The molecule has 156 valence electrons. The first-order chi connectivity index (χ1) is 14.1. The lowest BCUT2D eigenvalue weighted by Crippen LogP contribution is -2.41. The largest absolute Gasteiger partial charge is 0.496 e. The molecule has 8 nitrogen and oxygen atoms in total. The average molecular weight is 403 g/mol. The number of carbonyl (C=O) groups excluding carboxylic acids is 2. The lowest BCUT2D eigenvalue weighted by atomic mass is 9.96. The quantitative estimate of drug-likeness (QED) is 0.727. The number of piperidine rings is 1. The molecule has 0 aliphatic carbocycles. The molecule has 0 saturated carbocycles. The third kappa shape index (κ3) is 5.75. The van der Waals surface area contributed by atoms with Crippen molar-refractivity contribution < 1.29 is 18.7 Å². The molecule has 29 heavy (non-hydrogen) atoms. The monoisotopic (exact) mass is 403 g/mol. The summed E-state index contributed by atoms with van der Waals surface area (Å²) >= 11 is 0. The number of amides is 2. The van der Waals surface area contributed by atoms with Crippen LogP contribution in [0.2, 0.25) is 0 Å². The molecule has 1 aromatic heterocycles. The summed E-state index contributed by atoms with van der Waals surface area (Å²) in [6.07, 6.45) is 5.84. The molecule has 9 heteroatoms. The molecule has 1 aliphatic heterocycles. The van der Waals surface area contributed by atoms with Gasteiger partial charge in [-0.2, -0.15) is 5.10 Å². The van der Waals surface area contributed by atoms with Crippen LogP contribution in [0.5, 0.6) is 5.75 Å². The summed E-state index contributed by atoms with van der Waals surface area (Å²) in [5.41, 5.74) is 0.242. The van der Waals surface area contributed by atoms with Crippen molar-refractivity contribution in [2.45, 2.75) is 32.2 Å². The van der Waals surface area contributed by atoms with E-state index in [-0.39, 0.29) is 17.4 Å². The summed E-state index contributed by atoms with van der Waals surface area (Å²) < 4.78 is 20.4. The fraction of sp³-hybridized carbons (Fsp3) is 0.500. The Labute approximate surface area is 169 Å². The second-order valence-electron chi connectivity index (χ2n) is 7.15. The molecule has 2 aromatic rings. The Balaban J connectivity index is 1.39. The summed E-state index contributed by atoms with van der Waals surface area (Å²) in [4.78, 5) is 30.3. The number of nitrogens with zero attached hydrogens (tertiary/aromatic N) is 4. The molecule has 2 amide bonds.